The first-order valence-electron chi connectivity index (χ1n) is 6.25. The number of hydrogen-bond acceptors (Lipinski definition) is 6. The van der Waals surface area contributed by atoms with Gasteiger partial charge in [0.05, 0.1) is 13.2 Å². The summed E-state index contributed by atoms with van der Waals surface area (Å²) in [6.07, 6.45) is -1.48. The van der Waals surface area contributed by atoms with Crippen LogP contribution in [0.1, 0.15) is 34.6 Å². The Morgan fingerprint density at radius 1 is 1.20 bits per heavy atom. The van der Waals surface area contributed by atoms with Crippen LogP contribution in [-0.4, -0.2) is 49.3 Å². The van der Waals surface area contributed by atoms with E-state index in [-0.39, 0.29) is 12.4 Å². The number of rotatable bonds is 6. The van der Waals surface area contributed by atoms with Gasteiger partial charge in [-0.2, -0.15) is 0 Å². The Morgan fingerprint density at radius 3 is 2.15 bits per heavy atom. The lowest BCUT2D eigenvalue weighted by Gasteiger charge is -2.25. The van der Waals surface area contributed by atoms with Crippen molar-refractivity contribution in [2.45, 2.75) is 52.4 Å². The number of methoxy groups -OCH3 is 1. The predicted octanol–water partition coefficient (Wildman–Crippen LogP) is 1.05. The Morgan fingerprint density at radius 2 is 1.75 bits per heavy atom. The minimum Gasteiger partial charge on any atom is -0.467 e. The van der Waals surface area contributed by atoms with Crippen molar-refractivity contribution >= 4 is 17.8 Å². The fraction of sp³-hybridized carbons (Fsp3) is 0.769. The summed E-state index contributed by atoms with van der Waals surface area (Å²) in [7, 11) is 1.20. The minimum atomic E-state index is -1.05. The van der Waals surface area contributed by atoms with E-state index in [1.54, 1.807) is 27.7 Å². The number of ether oxygens (including phenoxy) is 3. The number of hydrogen-bond donors (Lipinski definition) is 1. The average molecular weight is 289 g/mol. The summed E-state index contributed by atoms with van der Waals surface area (Å²) in [5, 5.41) is 2.38. The number of amides is 1. The van der Waals surface area contributed by atoms with Gasteiger partial charge in [0.15, 0.2) is 11.8 Å². The van der Waals surface area contributed by atoms with E-state index in [0.717, 1.165) is 0 Å². The van der Waals surface area contributed by atoms with Crippen LogP contribution in [0, 0.1) is 0 Å². The van der Waals surface area contributed by atoms with E-state index >= 15 is 0 Å². The lowest BCUT2D eigenvalue weighted by atomic mass is 10.2. The van der Waals surface area contributed by atoms with Gasteiger partial charge in [0.2, 0.25) is 0 Å². The van der Waals surface area contributed by atoms with Crippen LogP contribution in [0.15, 0.2) is 0 Å². The first-order chi connectivity index (χ1) is 9.06. The van der Waals surface area contributed by atoms with Crippen molar-refractivity contribution < 1.29 is 28.6 Å². The summed E-state index contributed by atoms with van der Waals surface area (Å²) in [4.78, 5) is 34.2. The maximum absolute atomic E-state index is 11.7. The second-order valence-corrected chi connectivity index (χ2v) is 5.37. The first-order valence-corrected chi connectivity index (χ1v) is 6.25. The number of alkyl carbamates (subject to hydrolysis) is 1. The number of Topliss-reactive ketones (excluding diaryl/α,β-unsaturated/α-hetero) is 1. The lowest BCUT2D eigenvalue weighted by Crippen LogP contribution is -2.50. The molecule has 0 rings (SSSR count). The molecule has 0 aliphatic heterocycles. The Hall–Kier alpha value is -1.63. The fourth-order valence-corrected chi connectivity index (χ4v) is 1.27. The van der Waals surface area contributed by atoms with Gasteiger partial charge in [-0.3, -0.25) is 4.79 Å². The van der Waals surface area contributed by atoms with Crippen molar-refractivity contribution in [3.8, 4) is 0 Å². The molecule has 0 aromatic rings. The molecule has 0 saturated heterocycles. The maximum Gasteiger partial charge on any atom is 0.408 e. The molecule has 0 aliphatic carbocycles. The molecule has 0 radical (unpaired) electrons. The van der Waals surface area contributed by atoms with Crippen molar-refractivity contribution in [2.75, 3.05) is 13.7 Å². The van der Waals surface area contributed by atoms with Gasteiger partial charge in [-0.1, -0.05) is 0 Å². The number of carbonyl (C=O) groups excluding carboxylic acids is 3. The van der Waals surface area contributed by atoms with Crippen LogP contribution in [0.2, 0.25) is 0 Å². The SMILES string of the molecule is COC(=O)[C@@H](NC(=O)OC(C)(C)C)[C@@H](C)OCC(C)=O. The van der Waals surface area contributed by atoms with Crippen LogP contribution in [0.3, 0.4) is 0 Å². The zero-order valence-corrected chi connectivity index (χ0v) is 12.8. The third kappa shape index (κ3) is 7.73. The molecule has 0 spiro atoms. The molecule has 20 heavy (non-hydrogen) atoms. The molecule has 0 unspecified atom stereocenters. The van der Waals surface area contributed by atoms with Gasteiger partial charge >= 0.3 is 12.1 Å². The van der Waals surface area contributed by atoms with E-state index in [0.29, 0.717) is 0 Å². The summed E-state index contributed by atoms with van der Waals surface area (Å²) >= 11 is 0. The minimum absolute atomic E-state index is 0.148. The third-order valence-corrected chi connectivity index (χ3v) is 2.15. The molecule has 0 heterocycles. The molecular formula is C13H23NO6. The topological polar surface area (TPSA) is 90.9 Å². The zero-order valence-electron chi connectivity index (χ0n) is 12.8. The van der Waals surface area contributed by atoms with Crippen molar-refractivity contribution in [3.05, 3.63) is 0 Å². The highest BCUT2D eigenvalue weighted by Gasteiger charge is 2.30. The van der Waals surface area contributed by atoms with E-state index < -0.39 is 29.8 Å². The number of carbonyl (C=O) groups is 3. The van der Waals surface area contributed by atoms with Crippen LogP contribution < -0.4 is 5.32 Å². The van der Waals surface area contributed by atoms with Crippen molar-refractivity contribution in [1.82, 2.24) is 5.32 Å². The van der Waals surface area contributed by atoms with Crippen molar-refractivity contribution in [3.63, 3.8) is 0 Å². The van der Waals surface area contributed by atoms with Crippen molar-refractivity contribution in [1.29, 1.82) is 0 Å². The normalized spacial score (nSPS) is 14.1. The van der Waals surface area contributed by atoms with E-state index in [2.05, 4.69) is 10.1 Å². The predicted molar refractivity (Wildman–Crippen MR) is 71.3 cm³/mol. The molecule has 0 saturated carbocycles. The Balaban J connectivity index is 4.68. The van der Waals surface area contributed by atoms with Crippen LogP contribution >= 0.6 is 0 Å². The molecule has 7 nitrogen and oxygen atoms in total. The highest BCUT2D eigenvalue weighted by Crippen LogP contribution is 2.08. The standard InChI is InChI=1S/C13H23NO6/c1-8(15)7-19-9(2)10(11(16)18-6)14-12(17)20-13(3,4)5/h9-10H,7H2,1-6H3,(H,14,17)/t9-,10+/m1/s1. The Labute approximate surface area is 118 Å². The Bertz CT molecular complexity index is 360. The smallest absolute Gasteiger partial charge is 0.408 e. The number of ketones is 1. The average Bonchev–Trinajstić information content (AvgIpc) is 2.29. The second kappa shape index (κ2) is 7.84. The molecule has 116 valence electrons. The van der Waals surface area contributed by atoms with Gasteiger partial charge in [-0.25, -0.2) is 9.59 Å². The van der Waals surface area contributed by atoms with Gasteiger partial charge in [0, 0.05) is 0 Å². The van der Waals surface area contributed by atoms with E-state index in [9.17, 15) is 14.4 Å². The third-order valence-electron chi connectivity index (χ3n) is 2.15. The van der Waals surface area contributed by atoms with Crippen molar-refractivity contribution in [2.24, 2.45) is 0 Å². The van der Waals surface area contributed by atoms with E-state index in [1.807, 2.05) is 0 Å². The molecule has 0 aromatic heterocycles. The summed E-state index contributed by atoms with van der Waals surface area (Å²) < 4.78 is 14.9. The van der Waals surface area contributed by atoms with Crippen LogP contribution in [0.5, 0.6) is 0 Å². The molecule has 1 N–H and O–H groups in total. The molecule has 0 bridgehead atoms. The Kier molecular flexibility index (Phi) is 7.20. The summed E-state index contributed by atoms with van der Waals surface area (Å²) in [6.45, 7) is 7.88. The molecule has 1 amide bonds. The number of nitrogens with one attached hydrogen (secondary N) is 1. The molecule has 7 heteroatoms. The molecular weight excluding hydrogens is 266 g/mol. The molecule has 0 fully saturated rings. The van der Waals surface area contributed by atoms with Gasteiger partial charge in [0.1, 0.15) is 12.2 Å². The largest absolute Gasteiger partial charge is 0.467 e. The molecule has 2 atom stereocenters. The summed E-state index contributed by atoms with van der Waals surface area (Å²) in [6, 6.07) is -1.05. The second-order valence-electron chi connectivity index (χ2n) is 5.37. The number of esters is 1. The van der Waals surface area contributed by atoms with Gasteiger partial charge in [0.25, 0.3) is 0 Å². The highest BCUT2D eigenvalue weighted by molar-refractivity contribution is 5.82. The highest BCUT2D eigenvalue weighted by atomic mass is 16.6. The monoisotopic (exact) mass is 289 g/mol. The van der Waals surface area contributed by atoms with Gasteiger partial charge < -0.3 is 19.5 Å². The van der Waals surface area contributed by atoms with Crippen LogP contribution in [0.25, 0.3) is 0 Å². The quantitative estimate of drug-likeness (QED) is 0.735. The fourth-order valence-electron chi connectivity index (χ4n) is 1.27. The molecule has 0 aliphatic rings. The van der Waals surface area contributed by atoms with Crippen LogP contribution in [0.4, 0.5) is 4.79 Å². The lowest BCUT2D eigenvalue weighted by molar-refractivity contribution is -0.148. The molecule has 0 aromatic carbocycles. The van der Waals surface area contributed by atoms with E-state index in [1.165, 1.54) is 14.0 Å². The maximum atomic E-state index is 11.7. The van der Waals surface area contributed by atoms with Crippen LogP contribution in [-0.2, 0) is 23.8 Å². The van der Waals surface area contributed by atoms with Gasteiger partial charge in [-0.05, 0) is 34.6 Å². The first kappa shape index (κ1) is 18.4. The van der Waals surface area contributed by atoms with Gasteiger partial charge in [-0.15, -0.1) is 0 Å². The summed E-state index contributed by atoms with van der Waals surface area (Å²) in [5.41, 5.74) is -0.686. The zero-order chi connectivity index (χ0) is 15.9. The summed E-state index contributed by atoms with van der Waals surface area (Å²) in [5.74, 6) is -0.857. The van der Waals surface area contributed by atoms with E-state index in [4.69, 9.17) is 9.47 Å².